The molecule has 0 aliphatic heterocycles. The first kappa shape index (κ1) is 14.7. The van der Waals surface area contributed by atoms with E-state index in [0.717, 1.165) is 6.42 Å². The second kappa shape index (κ2) is 7.19. The summed E-state index contributed by atoms with van der Waals surface area (Å²) in [6, 6.07) is 15.4. The van der Waals surface area contributed by atoms with Gasteiger partial charge in [0.25, 0.3) is 5.69 Å². The Balaban J connectivity index is 1.82. The first-order chi connectivity index (χ1) is 10.2. The Hall–Kier alpha value is -2.69. The highest BCUT2D eigenvalue weighted by Crippen LogP contribution is 2.14. The number of nitro benzene ring substituents is 1. The van der Waals surface area contributed by atoms with Crippen molar-refractivity contribution in [3.63, 3.8) is 0 Å². The molecule has 0 N–H and O–H groups in total. The van der Waals surface area contributed by atoms with E-state index in [4.69, 9.17) is 4.74 Å². The maximum atomic E-state index is 11.8. The fraction of sp³-hybridized carbons (Fsp3) is 0.188. The Morgan fingerprint density at radius 1 is 1.10 bits per heavy atom. The van der Waals surface area contributed by atoms with Crippen LogP contribution in [0.5, 0.6) is 0 Å². The quantitative estimate of drug-likeness (QED) is 0.353. The van der Waals surface area contributed by atoms with Gasteiger partial charge in [-0.05, 0) is 24.5 Å². The molecule has 5 heteroatoms. The highest BCUT2D eigenvalue weighted by molar-refractivity contribution is 5.90. The van der Waals surface area contributed by atoms with Crippen LogP contribution in [0.1, 0.15) is 22.3 Å². The van der Waals surface area contributed by atoms with Crippen LogP contribution in [0.15, 0.2) is 54.6 Å². The maximum absolute atomic E-state index is 11.8. The predicted molar refractivity (Wildman–Crippen MR) is 78.1 cm³/mol. The molecule has 0 aromatic heterocycles. The van der Waals surface area contributed by atoms with Gasteiger partial charge in [-0.2, -0.15) is 0 Å². The summed E-state index contributed by atoms with van der Waals surface area (Å²) in [5.41, 5.74) is 1.27. The van der Waals surface area contributed by atoms with E-state index in [1.807, 2.05) is 30.3 Å². The third-order valence-electron chi connectivity index (χ3n) is 2.98. The van der Waals surface area contributed by atoms with E-state index in [2.05, 4.69) is 0 Å². The van der Waals surface area contributed by atoms with Crippen molar-refractivity contribution in [3.8, 4) is 0 Å². The molecule has 0 saturated carbocycles. The van der Waals surface area contributed by atoms with E-state index in [0.29, 0.717) is 6.42 Å². The highest BCUT2D eigenvalue weighted by atomic mass is 16.6. The molecular formula is C16H15NO4. The molecule has 0 aliphatic rings. The van der Waals surface area contributed by atoms with Crippen molar-refractivity contribution in [2.75, 3.05) is 6.61 Å². The molecule has 0 amide bonds. The van der Waals surface area contributed by atoms with E-state index >= 15 is 0 Å². The second-order valence-corrected chi connectivity index (χ2v) is 4.53. The molecular weight excluding hydrogens is 270 g/mol. The number of hydrogen-bond donors (Lipinski definition) is 0. The summed E-state index contributed by atoms with van der Waals surface area (Å²) in [7, 11) is 0. The summed E-state index contributed by atoms with van der Waals surface area (Å²) >= 11 is 0. The zero-order chi connectivity index (χ0) is 15.1. The molecule has 0 heterocycles. The van der Waals surface area contributed by atoms with Crippen molar-refractivity contribution in [1.29, 1.82) is 0 Å². The van der Waals surface area contributed by atoms with Crippen molar-refractivity contribution in [3.05, 3.63) is 75.8 Å². The van der Waals surface area contributed by atoms with E-state index in [1.165, 1.54) is 29.8 Å². The number of ether oxygens (including phenoxy) is 1. The number of rotatable bonds is 6. The van der Waals surface area contributed by atoms with Gasteiger partial charge in [-0.15, -0.1) is 0 Å². The summed E-state index contributed by atoms with van der Waals surface area (Å²) in [6.07, 6.45) is 1.54. The smallest absolute Gasteiger partial charge is 0.338 e. The van der Waals surface area contributed by atoms with E-state index in [-0.39, 0.29) is 17.9 Å². The standard InChI is InChI=1S/C16H15NO4/c18-16(14-9-4-10-15(12-14)17(19)20)21-11-5-8-13-6-2-1-3-7-13/h1-4,6-7,9-10,12H,5,8,11H2. The van der Waals surface area contributed by atoms with E-state index in [9.17, 15) is 14.9 Å². The van der Waals surface area contributed by atoms with E-state index < -0.39 is 10.9 Å². The lowest BCUT2D eigenvalue weighted by Crippen LogP contribution is -2.07. The number of carbonyl (C=O) groups is 1. The maximum Gasteiger partial charge on any atom is 0.338 e. The van der Waals surface area contributed by atoms with Crippen LogP contribution in [0.2, 0.25) is 0 Å². The summed E-state index contributed by atoms with van der Waals surface area (Å²) in [5, 5.41) is 10.6. The van der Waals surface area contributed by atoms with Crippen LogP contribution in [0, 0.1) is 10.1 Å². The van der Waals surface area contributed by atoms with Crippen molar-refractivity contribution in [2.45, 2.75) is 12.8 Å². The lowest BCUT2D eigenvalue weighted by atomic mass is 10.1. The fourth-order valence-electron chi connectivity index (χ4n) is 1.92. The normalized spacial score (nSPS) is 10.1. The number of nitro groups is 1. The third kappa shape index (κ3) is 4.42. The fourth-order valence-corrected chi connectivity index (χ4v) is 1.92. The minimum Gasteiger partial charge on any atom is -0.462 e. The van der Waals surface area contributed by atoms with Gasteiger partial charge in [-0.3, -0.25) is 10.1 Å². The minimum atomic E-state index is -0.536. The first-order valence-electron chi connectivity index (χ1n) is 6.62. The molecule has 21 heavy (non-hydrogen) atoms. The van der Waals surface area contributed by atoms with Crippen LogP contribution < -0.4 is 0 Å². The molecule has 2 aromatic carbocycles. The third-order valence-corrected chi connectivity index (χ3v) is 2.98. The monoisotopic (exact) mass is 285 g/mol. The molecule has 0 bridgehead atoms. The number of non-ortho nitro benzene ring substituents is 1. The molecule has 0 unspecified atom stereocenters. The van der Waals surface area contributed by atoms with Crippen LogP contribution in [0.4, 0.5) is 5.69 Å². The average molecular weight is 285 g/mol. The van der Waals surface area contributed by atoms with Gasteiger partial charge in [0.15, 0.2) is 0 Å². The van der Waals surface area contributed by atoms with Crippen LogP contribution in [0.25, 0.3) is 0 Å². The van der Waals surface area contributed by atoms with E-state index in [1.54, 1.807) is 0 Å². The van der Waals surface area contributed by atoms with Gasteiger partial charge in [0.05, 0.1) is 17.1 Å². The van der Waals surface area contributed by atoms with Gasteiger partial charge >= 0.3 is 5.97 Å². The first-order valence-corrected chi connectivity index (χ1v) is 6.62. The van der Waals surface area contributed by atoms with Gasteiger partial charge in [0.1, 0.15) is 0 Å². The SMILES string of the molecule is O=C(OCCCc1ccccc1)c1cccc([N+](=O)[O-])c1. The summed E-state index contributed by atoms with van der Waals surface area (Å²) in [5.74, 6) is -0.535. The zero-order valence-electron chi connectivity index (χ0n) is 11.4. The largest absolute Gasteiger partial charge is 0.462 e. The van der Waals surface area contributed by atoms with Gasteiger partial charge in [-0.1, -0.05) is 36.4 Å². The average Bonchev–Trinajstić information content (AvgIpc) is 2.52. The minimum absolute atomic E-state index is 0.117. The molecule has 2 rings (SSSR count). The Morgan fingerprint density at radius 2 is 1.86 bits per heavy atom. The number of esters is 1. The number of hydrogen-bond acceptors (Lipinski definition) is 4. The van der Waals surface area contributed by atoms with Crippen molar-refractivity contribution in [2.24, 2.45) is 0 Å². The van der Waals surface area contributed by atoms with Crippen LogP contribution in [-0.2, 0) is 11.2 Å². The summed E-state index contributed by atoms with van der Waals surface area (Å²) in [4.78, 5) is 21.9. The molecule has 0 aliphatic carbocycles. The Bertz CT molecular complexity index is 625. The van der Waals surface area contributed by atoms with Crippen molar-refractivity contribution < 1.29 is 14.5 Å². The predicted octanol–water partition coefficient (Wildman–Crippen LogP) is 3.38. The molecule has 0 fully saturated rings. The second-order valence-electron chi connectivity index (χ2n) is 4.53. The number of nitrogens with zero attached hydrogens (tertiary/aromatic N) is 1. The molecule has 108 valence electrons. The van der Waals surface area contributed by atoms with Gasteiger partial charge in [0.2, 0.25) is 0 Å². The topological polar surface area (TPSA) is 69.4 Å². The molecule has 2 aromatic rings. The summed E-state index contributed by atoms with van der Waals surface area (Å²) in [6.45, 7) is 0.288. The molecule has 0 spiro atoms. The Kier molecular flexibility index (Phi) is 5.04. The lowest BCUT2D eigenvalue weighted by Gasteiger charge is -2.05. The number of benzene rings is 2. The van der Waals surface area contributed by atoms with Crippen LogP contribution >= 0.6 is 0 Å². The van der Waals surface area contributed by atoms with Crippen molar-refractivity contribution >= 4 is 11.7 Å². The molecule has 5 nitrogen and oxygen atoms in total. The van der Waals surface area contributed by atoms with Crippen molar-refractivity contribution in [1.82, 2.24) is 0 Å². The molecule has 0 saturated heterocycles. The van der Waals surface area contributed by atoms with Crippen LogP contribution in [0.3, 0.4) is 0 Å². The molecule has 0 atom stereocenters. The van der Waals surface area contributed by atoms with Gasteiger partial charge < -0.3 is 4.74 Å². The summed E-state index contributed by atoms with van der Waals surface area (Å²) < 4.78 is 5.12. The Labute approximate surface area is 122 Å². The van der Waals surface area contributed by atoms with Crippen LogP contribution in [-0.4, -0.2) is 17.5 Å². The van der Waals surface area contributed by atoms with Gasteiger partial charge in [-0.25, -0.2) is 4.79 Å². The highest BCUT2D eigenvalue weighted by Gasteiger charge is 2.12. The lowest BCUT2D eigenvalue weighted by molar-refractivity contribution is -0.384. The number of aryl methyl sites for hydroxylation is 1. The Morgan fingerprint density at radius 3 is 2.57 bits per heavy atom. The number of carbonyl (C=O) groups excluding carboxylic acids is 1. The zero-order valence-corrected chi connectivity index (χ0v) is 11.4. The van der Waals surface area contributed by atoms with Gasteiger partial charge in [0, 0.05) is 12.1 Å². The molecule has 0 radical (unpaired) electrons.